The molecule has 5 nitrogen and oxygen atoms in total. The van der Waals surface area contributed by atoms with Crippen LogP contribution in [0.15, 0.2) is 0 Å². The molecule has 0 aromatic carbocycles. The van der Waals surface area contributed by atoms with Gasteiger partial charge in [0.1, 0.15) is 12.2 Å². The topological polar surface area (TPSA) is 101 Å². The summed E-state index contributed by atoms with van der Waals surface area (Å²) < 4.78 is 12.4. The van der Waals surface area contributed by atoms with Crippen LogP contribution in [0.4, 0.5) is 4.39 Å². The summed E-state index contributed by atoms with van der Waals surface area (Å²) in [5.74, 6) is -2.95. The molecular weight excluding hydrogens is 157 g/mol. The minimum absolute atomic E-state index is 0.881. The molecule has 6 heteroatoms. The predicted molar refractivity (Wildman–Crippen MR) is 32.8 cm³/mol. The Morgan fingerprint density at radius 3 is 2.18 bits per heavy atom. The van der Waals surface area contributed by atoms with Crippen LogP contribution in [-0.2, 0) is 9.59 Å². The third-order valence-electron chi connectivity index (χ3n) is 1.04. The molecule has 0 aliphatic heterocycles. The van der Waals surface area contributed by atoms with Crippen LogP contribution in [0.1, 0.15) is 6.42 Å². The van der Waals surface area contributed by atoms with Crippen LogP contribution in [0.25, 0.3) is 0 Å². The fraction of sp³-hybridized carbons (Fsp3) is 0.600. The van der Waals surface area contributed by atoms with E-state index in [0.29, 0.717) is 0 Å². The molecule has 0 heterocycles. The highest BCUT2D eigenvalue weighted by molar-refractivity contribution is 5.76. The van der Waals surface area contributed by atoms with Crippen LogP contribution in [0.5, 0.6) is 0 Å². The number of hydrogen-bond acceptors (Lipinski definition) is 3. The smallest absolute Gasteiger partial charge is 0.323 e. The molecule has 0 saturated carbocycles. The van der Waals surface area contributed by atoms with E-state index in [1.54, 1.807) is 0 Å². The highest BCUT2D eigenvalue weighted by Gasteiger charge is 2.25. The van der Waals surface area contributed by atoms with Gasteiger partial charge in [-0.3, -0.25) is 9.59 Å². The Hall–Kier alpha value is -1.17. The molecule has 0 amide bonds. The van der Waals surface area contributed by atoms with E-state index in [9.17, 15) is 14.0 Å². The molecule has 0 unspecified atom stereocenters. The predicted octanol–water partition coefficient (Wildman–Crippen LogP) is -0.789. The number of carboxylic acid groups (broad SMARTS) is 2. The van der Waals surface area contributed by atoms with Gasteiger partial charge in [0, 0.05) is 0 Å². The summed E-state index contributed by atoms with van der Waals surface area (Å²) in [5, 5.41) is 16.1. The summed E-state index contributed by atoms with van der Waals surface area (Å²) in [6.07, 6.45) is -2.92. The Morgan fingerprint density at radius 1 is 1.45 bits per heavy atom. The van der Waals surface area contributed by atoms with E-state index in [4.69, 9.17) is 15.9 Å². The van der Waals surface area contributed by atoms with Crippen molar-refractivity contribution in [3.05, 3.63) is 0 Å². The van der Waals surface area contributed by atoms with Gasteiger partial charge in [-0.25, -0.2) is 4.39 Å². The lowest BCUT2D eigenvalue weighted by molar-refractivity contribution is -0.142. The van der Waals surface area contributed by atoms with Gasteiger partial charge in [0.25, 0.3) is 0 Å². The summed E-state index contributed by atoms with van der Waals surface area (Å²) in [5.41, 5.74) is 4.77. The van der Waals surface area contributed by atoms with Crippen molar-refractivity contribution in [2.75, 3.05) is 0 Å². The molecule has 0 aliphatic carbocycles. The zero-order valence-electron chi connectivity index (χ0n) is 5.53. The largest absolute Gasteiger partial charge is 0.481 e. The Labute approximate surface area is 61.6 Å². The number of rotatable bonds is 4. The lowest BCUT2D eigenvalue weighted by atomic mass is 10.1. The summed E-state index contributed by atoms with van der Waals surface area (Å²) in [4.78, 5) is 19.8. The second kappa shape index (κ2) is 3.87. The van der Waals surface area contributed by atoms with E-state index < -0.39 is 30.6 Å². The van der Waals surface area contributed by atoms with E-state index >= 15 is 0 Å². The Balaban J connectivity index is 3.92. The molecule has 64 valence electrons. The maximum atomic E-state index is 12.4. The van der Waals surface area contributed by atoms with Gasteiger partial charge in [0.2, 0.25) is 0 Å². The van der Waals surface area contributed by atoms with Gasteiger partial charge < -0.3 is 15.9 Å². The van der Waals surface area contributed by atoms with E-state index in [1.807, 2.05) is 0 Å². The lowest BCUT2D eigenvalue weighted by Gasteiger charge is -2.08. The summed E-state index contributed by atoms with van der Waals surface area (Å²) in [6.45, 7) is 0. The van der Waals surface area contributed by atoms with Gasteiger partial charge in [-0.2, -0.15) is 0 Å². The molecule has 0 bridgehead atoms. The maximum Gasteiger partial charge on any atom is 0.323 e. The van der Waals surface area contributed by atoms with Gasteiger partial charge in [-0.15, -0.1) is 0 Å². The first kappa shape index (κ1) is 9.83. The zero-order chi connectivity index (χ0) is 9.02. The molecule has 0 rings (SSSR count). The van der Waals surface area contributed by atoms with Crippen molar-refractivity contribution in [1.82, 2.24) is 0 Å². The SMILES string of the molecule is N[C@@H](C(=O)O)[C@@H](F)CC(=O)O. The molecule has 0 radical (unpaired) electrons. The average Bonchev–Trinajstić information content (AvgIpc) is 1.84. The van der Waals surface area contributed by atoms with Crippen LogP contribution in [0, 0.1) is 0 Å². The van der Waals surface area contributed by atoms with E-state index in [1.165, 1.54) is 0 Å². The number of halogens is 1. The third-order valence-corrected chi connectivity index (χ3v) is 1.04. The molecule has 11 heavy (non-hydrogen) atoms. The van der Waals surface area contributed by atoms with Crippen molar-refractivity contribution in [3.63, 3.8) is 0 Å². The number of aliphatic carboxylic acids is 2. The average molecular weight is 165 g/mol. The normalized spacial score (nSPS) is 15.5. The summed E-state index contributed by atoms with van der Waals surface area (Å²) >= 11 is 0. The molecule has 0 aromatic rings. The van der Waals surface area contributed by atoms with Crippen LogP contribution >= 0.6 is 0 Å². The summed E-state index contributed by atoms with van der Waals surface area (Å²) in [6, 6.07) is -1.76. The maximum absolute atomic E-state index is 12.4. The number of carboxylic acids is 2. The van der Waals surface area contributed by atoms with Crippen LogP contribution in [-0.4, -0.2) is 34.4 Å². The van der Waals surface area contributed by atoms with Crippen molar-refractivity contribution in [1.29, 1.82) is 0 Å². The molecule has 0 spiro atoms. The quantitative estimate of drug-likeness (QED) is 0.506. The molecule has 0 aromatic heterocycles. The van der Waals surface area contributed by atoms with Gasteiger partial charge in [-0.1, -0.05) is 0 Å². The third kappa shape index (κ3) is 3.51. The molecule has 0 aliphatic rings. The van der Waals surface area contributed by atoms with E-state index in [-0.39, 0.29) is 0 Å². The molecule has 0 fully saturated rings. The molecular formula is C5H8FNO4. The Morgan fingerprint density at radius 2 is 1.91 bits per heavy atom. The second-order valence-corrected chi connectivity index (χ2v) is 1.98. The fourth-order valence-electron chi connectivity index (χ4n) is 0.448. The Bertz CT molecular complexity index is 172. The lowest BCUT2D eigenvalue weighted by Crippen LogP contribution is -2.40. The van der Waals surface area contributed by atoms with Gasteiger partial charge in [0.15, 0.2) is 0 Å². The van der Waals surface area contributed by atoms with Crippen molar-refractivity contribution in [3.8, 4) is 0 Å². The molecule has 2 atom stereocenters. The van der Waals surface area contributed by atoms with Gasteiger partial charge in [-0.05, 0) is 0 Å². The van der Waals surface area contributed by atoms with Crippen LogP contribution in [0.2, 0.25) is 0 Å². The van der Waals surface area contributed by atoms with Gasteiger partial charge in [0.05, 0.1) is 6.42 Å². The number of carbonyl (C=O) groups is 2. The first-order valence-electron chi connectivity index (χ1n) is 2.79. The molecule has 4 N–H and O–H groups in total. The first-order chi connectivity index (χ1) is 4.95. The Kier molecular flexibility index (Phi) is 3.46. The zero-order valence-corrected chi connectivity index (χ0v) is 5.53. The molecule has 0 saturated heterocycles. The second-order valence-electron chi connectivity index (χ2n) is 1.98. The van der Waals surface area contributed by atoms with Crippen LogP contribution in [0.3, 0.4) is 0 Å². The highest BCUT2D eigenvalue weighted by atomic mass is 19.1. The van der Waals surface area contributed by atoms with Crippen molar-refractivity contribution >= 4 is 11.9 Å². The van der Waals surface area contributed by atoms with E-state index in [0.717, 1.165) is 0 Å². The highest BCUT2D eigenvalue weighted by Crippen LogP contribution is 2.02. The minimum Gasteiger partial charge on any atom is -0.481 e. The van der Waals surface area contributed by atoms with Gasteiger partial charge >= 0.3 is 11.9 Å². The summed E-state index contributed by atoms with van der Waals surface area (Å²) in [7, 11) is 0. The number of hydrogen-bond donors (Lipinski definition) is 3. The van der Waals surface area contributed by atoms with Crippen molar-refractivity contribution in [2.24, 2.45) is 5.73 Å². The van der Waals surface area contributed by atoms with Crippen molar-refractivity contribution in [2.45, 2.75) is 18.6 Å². The number of alkyl halides is 1. The fourth-order valence-corrected chi connectivity index (χ4v) is 0.448. The monoisotopic (exact) mass is 165 g/mol. The standard InChI is InChI=1S/C5H8FNO4/c6-2(1-3(8)9)4(7)5(10)11/h2,4H,1,7H2,(H,8,9)(H,10,11)/t2-,4+/m0/s1. The van der Waals surface area contributed by atoms with Crippen LogP contribution < -0.4 is 5.73 Å². The first-order valence-corrected chi connectivity index (χ1v) is 2.79. The number of nitrogens with two attached hydrogens (primary N) is 1. The van der Waals surface area contributed by atoms with Crippen molar-refractivity contribution < 1.29 is 24.2 Å². The van der Waals surface area contributed by atoms with E-state index in [2.05, 4.69) is 0 Å². The minimum atomic E-state index is -2.04.